The highest BCUT2D eigenvalue weighted by atomic mass is 32.2. The quantitative estimate of drug-likeness (QED) is 0.754. The van der Waals surface area contributed by atoms with Crippen LogP contribution < -0.4 is 4.74 Å². The Morgan fingerprint density at radius 1 is 1.53 bits per heavy atom. The van der Waals surface area contributed by atoms with Crippen molar-refractivity contribution in [1.82, 2.24) is 0 Å². The maximum absolute atomic E-state index is 10.3. The van der Waals surface area contributed by atoms with Gasteiger partial charge in [-0.2, -0.15) is 0 Å². The van der Waals surface area contributed by atoms with Crippen molar-refractivity contribution in [3.05, 3.63) is 18.2 Å². The molecule has 0 saturated carbocycles. The first-order valence-corrected chi connectivity index (χ1v) is 5.33. The van der Waals surface area contributed by atoms with E-state index in [2.05, 4.69) is 0 Å². The molecule has 0 unspecified atom stereocenters. The highest BCUT2D eigenvalue weighted by Crippen LogP contribution is 2.31. The number of phenolic OH excluding ortho intramolecular Hbond substituents is 1. The van der Waals surface area contributed by atoms with Gasteiger partial charge in [0.2, 0.25) is 0 Å². The van der Waals surface area contributed by atoms with Crippen LogP contribution in [0, 0.1) is 0 Å². The number of carbonyl (C=O) groups is 1. The Morgan fingerprint density at radius 3 is 2.87 bits per heavy atom. The van der Waals surface area contributed by atoms with E-state index in [1.54, 1.807) is 12.1 Å². The van der Waals surface area contributed by atoms with Gasteiger partial charge >= 0.3 is 5.97 Å². The van der Waals surface area contributed by atoms with Crippen molar-refractivity contribution in [2.24, 2.45) is 0 Å². The predicted molar refractivity (Wildman–Crippen MR) is 57.6 cm³/mol. The number of carboxylic acids is 1. The lowest BCUT2D eigenvalue weighted by molar-refractivity contribution is -0.136. The summed E-state index contributed by atoms with van der Waals surface area (Å²) < 4.78 is 4.93. The van der Waals surface area contributed by atoms with Crippen LogP contribution in [0.3, 0.4) is 0 Å². The van der Waals surface area contributed by atoms with E-state index in [0.29, 0.717) is 11.5 Å². The minimum Gasteiger partial charge on any atom is -0.504 e. The van der Waals surface area contributed by atoms with Crippen LogP contribution in [-0.2, 0) is 4.79 Å². The van der Waals surface area contributed by atoms with Crippen LogP contribution in [0.1, 0.15) is 6.42 Å². The fraction of sp³-hybridized carbons (Fsp3) is 0.300. The highest BCUT2D eigenvalue weighted by Gasteiger charge is 2.04. The number of aliphatic carboxylic acids is 1. The average Bonchev–Trinajstić information content (AvgIpc) is 2.20. The molecule has 0 heterocycles. The lowest BCUT2D eigenvalue weighted by atomic mass is 10.3. The standard InChI is InChI=1S/C10H12O4S/c1-14-9-6-7(2-3-8(9)11)15-5-4-10(12)13/h2-3,6,11H,4-5H2,1H3,(H,12,13). The van der Waals surface area contributed by atoms with Gasteiger partial charge in [0, 0.05) is 10.6 Å². The second-order valence-electron chi connectivity index (χ2n) is 2.83. The van der Waals surface area contributed by atoms with Crippen molar-refractivity contribution in [2.75, 3.05) is 12.9 Å². The van der Waals surface area contributed by atoms with Crippen LogP contribution in [0.4, 0.5) is 0 Å². The molecular weight excluding hydrogens is 216 g/mol. The summed E-state index contributed by atoms with van der Waals surface area (Å²) in [6.07, 6.45) is 0.119. The van der Waals surface area contributed by atoms with Gasteiger partial charge in [-0.15, -0.1) is 11.8 Å². The fourth-order valence-electron chi connectivity index (χ4n) is 1.00. The van der Waals surface area contributed by atoms with E-state index in [-0.39, 0.29) is 12.2 Å². The summed E-state index contributed by atoms with van der Waals surface area (Å²) in [5, 5.41) is 17.8. The van der Waals surface area contributed by atoms with Crippen LogP contribution in [0.25, 0.3) is 0 Å². The third-order valence-electron chi connectivity index (χ3n) is 1.74. The van der Waals surface area contributed by atoms with Gasteiger partial charge in [0.1, 0.15) is 0 Å². The number of carboxylic acid groups (broad SMARTS) is 1. The second kappa shape index (κ2) is 5.50. The van der Waals surface area contributed by atoms with Gasteiger partial charge in [0.15, 0.2) is 11.5 Å². The number of methoxy groups -OCH3 is 1. The molecule has 0 atom stereocenters. The third kappa shape index (κ3) is 3.71. The number of aromatic hydroxyl groups is 1. The summed E-state index contributed by atoms with van der Waals surface area (Å²) in [5.41, 5.74) is 0. The lowest BCUT2D eigenvalue weighted by Crippen LogP contribution is -1.95. The molecule has 0 fully saturated rings. The van der Waals surface area contributed by atoms with Crippen molar-refractivity contribution in [2.45, 2.75) is 11.3 Å². The molecule has 0 aromatic heterocycles. The Bertz CT molecular complexity index is 351. The topological polar surface area (TPSA) is 66.8 Å². The number of thioether (sulfide) groups is 1. The Morgan fingerprint density at radius 2 is 2.27 bits per heavy atom. The average molecular weight is 228 g/mol. The van der Waals surface area contributed by atoms with Crippen LogP contribution in [0.15, 0.2) is 23.1 Å². The monoisotopic (exact) mass is 228 g/mol. The van der Waals surface area contributed by atoms with E-state index < -0.39 is 5.97 Å². The minimum absolute atomic E-state index is 0.0834. The van der Waals surface area contributed by atoms with Gasteiger partial charge in [0.05, 0.1) is 13.5 Å². The Kier molecular flexibility index (Phi) is 4.30. The molecular formula is C10H12O4S. The molecule has 0 radical (unpaired) electrons. The Hall–Kier alpha value is -1.36. The summed E-state index contributed by atoms with van der Waals surface area (Å²) in [6, 6.07) is 4.94. The van der Waals surface area contributed by atoms with Gasteiger partial charge in [-0.3, -0.25) is 4.79 Å². The van der Waals surface area contributed by atoms with E-state index in [1.807, 2.05) is 0 Å². The van der Waals surface area contributed by atoms with Gasteiger partial charge < -0.3 is 14.9 Å². The SMILES string of the molecule is COc1cc(SCCC(=O)O)ccc1O. The Labute approximate surface area is 91.9 Å². The molecule has 5 heteroatoms. The van der Waals surface area contributed by atoms with Crippen LogP contribution in [-0.4, -0.2) is 29.0 Å². The van der Waals surface area contributed by atoms with Gasteiger partial charge in [-0.1, -0.05) is 0 Å². The summed E-state index contributed by atoms with van der Waals surface area (Å²) in [7, 11) is 1.47. The molecule has 0 saturated heterocycles. The molecule has 0 aliphatic heterocycles. The number of hydrogen-bond acceptors (Lipinski definition) is 4. The van der Waals surface area contributed by atoms with Crippen molar-refractivity contribution in [3.63, 3.8) is 0 Å². The van der Waals surface area contributed by atoms with Crippen molar-refractivity contribution in [3.8, 4) is 11.5 Å². The molecule has 0 aliphatic carbocycles. The smallest absolute Gasteiger partial charge is 0.304 e. The minimum atomic E-state index is -0.812. The normalized spacial score (nSPS) is 9.93. The molecule has 2 N–H and O–H groups in total. The zero-order valence-corrected chi connectivity index (χ0v) is 9.08. The highest BCUT2D eigenvalue weighted by molar-refractivity contribution is 7.99. The van der Waals surface area contributed by atoms with E-state index in [1.165, 1.54) is 24.9 Å². The number of hydrogen-bond donors (Lipinski definition) is 2. The molecule has 4 nitrogen and oxygen atoms in total. The van der Waals surface area contributed by atoms with Crippen LogP contribution in [0.5, 0.6) is 11.5 Å². The number of phenols is 1. The van der Waals surface area contributed by atoms with E-state index >= 15 is 0 Å². The summed E-state index contributed by atoms with van der Waals surface area (Å²) in [6.45, 7) is 0. The number of benzene rings is 1. The predicted octanol–water partition coefficient (Wildman–Crippen LogP) is 1.97. The first-order valence-electron chi connectivity index (χ1n) is 4.35. The molecule has 82 valence electrons. The molecule has 0 aliphatic rings. The lowest BCUT2D eigenvalue weighted by Gasteiger charge is -2.05. The molecule has 1 rings (SSSR count). The largest absolute Gasteiger partial charge is 0.504 e. The van der Waals surface area contributed by atoms with Gasteiger partial charge in [-0.05, 0) is 18.2 Å². The first kappa shape index (κ1) is 11.7. The second-order valence-corrected chi connectivity index (χ2v) is 3.99. The molecule has 0 bridgehead atoms. The van der Waals surface area contributed by atoms with E-state index in [0.717, 1.165) is 4.90 Å². The summed E-state index contributed by atoms with van der Waals surface area (Å²) in [5.74, 6) is 0.173. The molecule has 1 aromatic rings. The zero-order chi connectivity index (χ0) is 11.3. The van der Waals surface area contributed by atoms with E-state index in [4.69, 9.17) is 9.84 Å². The number of ether oxygens (including phenoxy) is 1. The maximum Gasteiger partial charge on any atom is 0.304 e. The first-order chi connectivity index (χ1) is 7.13. The summed E-state index contributed by atoms with van der Waals surface area (Å²) >= 11 is 1.42. The molecule has 15 heavy (non-hydrogen) atoms. The van der Waals surface area contributed by atoms with Gasteiger partial charge in [-0.25, -0.2) is 0 Å². The van der Waals surface area contributed by atoms with Crippen molar-refractivity contribution in [1.29, 1.82) is 0 Å². The summed E-state index contributed by atoms with van der Waals surface area (Å²) in [4.78, 5) is 11.2. The van der Waals surface area contributed by atoms with Crippen LogP contribution >= 0.6 is 11.8 Å². The number of rotatable bonds is 5. The zero-order valence-electron chi connectivity index (χ0n) is 8.27. The Balaban J connectivity index is 2.58. The fourth-order valence-corrected chi connectivity index (χ4v) is 1.87. The van der Waals surface area contributed by atoms with E-state index in [9.17, 15) is 9.90 Å². The van der Waals surface area contributed by atoms with Crippen molar-refractivity contribution >= 4 is 17.7 Å². The van der Waals surface area contributed by atoms with Crippen LogP contribution in [0.2, 0.25) is 0 Å². The van der Waals surface area contributed by atoms with Crippen molar-refractivity contribution < 1.29 is 19.7 Å². The molecule has 1 aromatic carbocycles. The molecule has 0 amide bonds. The van der Waals surface area contributed by atoms with Gasteiger partial charge in [0.25, 0.3) is 0 Å². The third-order valence-corrected chi connectivity index (χ3v) is 2.73. The molecule has 0 spiro atoms. The maximum atomic E-state index is 10.3.